The molecular weight excluding hydrogens is 689 g/mol. The highest BCUT2D eigenvalue weighted by atomic mass is 32.2. The number of hydrogen-bond acceptors (Lipinski definition) is 6. The minimum Gasteiger partial charge on any atom is -0.481 e. The van der Waals surface area contributed by atoms with E-state index in [9.17, 15) is 35.8 Å². The zero-order valence-electron chi connectivity index (χ0n) is 30.4. The number of fused-ring (bicyclic) bond motifs is 2. The van der Waals surface area contributed by atoms with Crippen molar-refractivity contribution in [2.24, 2.45) is 0 Å². The van der Waals surface area contributed by atoms with Crippen LogP contribution in [0.3, 0.4) is 0 Å². The number of unbranched alkanes of at least 4 members (excludes halogenated alkanes) is 3. The molecule has 1 atom stereocenters. The van der Waals surface area contributed by atoms with Gasteiger partial charge in [0.25, 0.3) is 20.2 Å². The van der Waals surface area contributed by atoms with Gasteiger partial charge in [0.15, 0.2) is 5.71 Å². The average Bonchev–Trinajstić information content (AvgIpc) is 3.38. The van der Waals surface area contributed by atoms with Crippen molar-refractivity contribution in [2.75, 3.05) is 29.5 Å². The van der Waals surface area contributed by atoms with Crippen LogP contribution < -0.4 is 4.90 Å². The molecule has 12 heteroatoms. The predicted octanol–water partition coefficient (Wildman–Crippen LogP) is 7.43. The van der Waals surface area contributed by atoms with Crippen molar-refractivity contribution in [3.05, 3.63) is 94.7 Å². The van der Waals surface area contributed by atoms with Gasteiger partial charge in [-0.2, -0.15) is 21.4 Å². The molecule has 278 valence electrons. The summed E-state index contributed by atoms with van der Waals surface area (Å²) in [5.74, 6) is -1.38. The first-order chi connectivity index (χ1) is 23.8. The molecule has 0 spiro atoms. The molecule has 2 aliphatic rings. The van der Waals surface area contributed by atoms with Crippen molar-refractivity contribution in [3.8, 4) is 0 Å². The molecule has 3 N–H and O–H groups in total. The van der Waals surface area contributed by atoms with Gasteiger partial charge >= 0.3 is 5.97 Å². The molecule has 0 fully saturated rings. The summed E-state index contributed by atoms with van der Waals surface area (Å²) in [6.07, 6.45) is 14.1. The topological polar surface area (TPSA) is 152 Å². The minimum absolute atomic E-state index is 0.108. The lowest BCUT2D eigenvalue weighted by Gasteiger charge is -2.30. The number of carboxylic acid groups (broad SMARTS) is 1. The monoisotopic (exact) mass is 741 g/mol. The molecule has 1 unspecified atom stereocenters. The van der Waals surface area contributed by atoms with Crippen molar-refractivity contribution in [1.82, 2.24) is 0 Å². The molecule has 10 nitrogen and oxygen atoms in total. The van der Waals surface area contributed by atoms with Gasteiger partial charge < -0.3 is 10.0 Å². The molecule has 0 aliphatic carbocycles. The van der Waals surface area contributed by atoms with Crippen LogP contribution in [0.15, 0.2) is 72.5 Å². The fourth-order valence-corrected chi connectivity index (χ4v) is 8.80. The first kappa shape index (κ1) is 40.2. The summed E-state index contributed by atoms with van der Waals surface area (Å²) in [6, 6.07) is 12.5. The summed E-state index contributed by atoms with van der Waals surface area (Å²) in [6.45, 7) is 11.9. The number of rotatable bonds is 18. The number of carboxylic acids is 1. The van der Waals surface area contributed by atoms with E-state index in [4.69, 9.17) is 0 Å². The van der Waals surface area contributed by atoms with Crippen molar-refractivity contribution in [1.29, 1.82) is 0 Å². The number of hydrogen-bond donors (Lipinski definition) is 3. The molecule has 0 aromatic heterocycles. The Balaban J connectivity index is 1.67. The summed E-state index contributed by atoms with van der Waals surface area (Å²) < 4.78 is 66.3. The predicted molar refractivity (Wildman–Crippen MR) is 204 cm³/mol. The molecule has 0 amide bonds. The summed E-state index contributed by atoms with van der Waals surface area (Å²) >= 11 is 0. The van der Waals surface area contributed by atoms with Gasteiger partial charge in [-0.15, -0.1) is 0 Å². The van der Waals surface area contributed by atoms with Crippen molar-refractivity contribution in [2.45, 2.75) is 96.8 Å². The zero-order chi connectivity index (χ0) is 37.6. The van der Waals surface area contributed by atoms with Crippen LogP contribution in [0.25, 0.3) is 0 Å². The van der Waals surface area contributed by atoms with Gasteiger partial charge in [0.05, 0.1) is 16.9 Å². The van der Waals surface area contributed by atoms with Crippen LogP contribution in [0.1, 0.15) is 94.4 Å². The SMILES string of the molecule is Cc1cc(C)c2c(c1)C(C)(C)C(/C=C/C=C/C=C1/N(CCCCS(=O)(=O)O)c3ccccc3C1(C)CCCCC(=O)O)=[N+]2CCCCS(=O)(=O)O. The third kappa shape index (κ3) is 10.1. The van der Waals surface area contributed by atoms with Crippen LogP contribution in [0.4, 0.5) is 11.4 Å². The largest absolute Gasteiger partial charge is 0.481 e. The fourth-order valence-electron chi connectivity index (χ4n) is 7.66. The Bertz CT molecular complexity index is 1960. The molecule has 2 aliphatic heterocycles. The van der Waals surface area contributed by atoms with E-state index < -0.39 is 31.6 Å². The Labute approximate surface area is 303 Å². The maximum atomic E-state index is 11.4. The van der Waals surface area contributed by atoms with E-state index in [0.717, 1.165) is 46.8 Å². The Morgan fingerprint density at radius 3 is 2.18 bits per heavy atom. The fraction of sp³-hybridized carbons (Fsp3) is 0.487. The van der Waals surface area contributed by atoms with E-state index in [-0.39, 0.29) is 23.3 Å². The lowest BCUT2D eigenvalue weighted by atomic mass is 9.77. The first-order valence-corrected chi connectivity index (χ1v) is 20.9. The number of aliphatic carboxylic acids is 1. The Hall–Kier alpha value is -3.58. The molecular formula is C39H53N2O8S2+. The van der Waals surface area contributed by atoms with Crippen LogP contribution in [0.5, 0.6) is 0 Å². The van der Waals surface area contributed by atoms with Crippen LogP contribution in [0, 0.1) is 13.8 Å². The van der Waals surface area contributed by atoms with Gasteiger partial charge in [0, 0.05) is 53.4 Å². The van der Waals surface area contributed by atoms with Crippen LogP contribution in [-0.2, 0) is 35.9 Å². The average molecular weight is 742 g/mol. The number of anilines is 1. The maximum absolute atomic E-state index is 11.4. The second-order valence-corrected chi connectivity index (χ2v) is 17.7. The Kier molecular flexibility index (Phi) is 12.9. The number of benzene rings is 2. The molecule has 0 saturated carbocycles. The number of aryl methyl sites for hydroxylation is 2. The lowest BCUT2D eigenvalue weighted by Crippen LogP contribution is -2.29. The van der Waals surface area contributed by atoms with Gasteiger partial charge in [-0.25, -0.2) is 0 Å². The molecule has 51 heavy (non-hydrogen) atoms. The van der Waals surface area contributed by atoms with Crippen molar-refractivity contribution < 1.29 is 40.4 Å². The Morgan fingerprint density at radius 2 is 1.51 bits per heavy atom. The minimum atomic E-state index is -4.05. The lowest BCUT2D eigenvalue weighted by molar-refractivity contribution is -0.438. The molecule has 0 bridgehead atoms. The highest BCUT2D eigenvalue weighted by Gasteiger charge is 2.45. The summed E-state index contributed by atoms with van der Waals surface area (Å²) in [7, 11) is -8.08. The van der Waals surface area contributed by atoms with Gasteiger partial charge in [0.2, 0.25) is 5.69 Å². The second kappa shape index (κ2) is 16.4. The van der Waals surface area contributed by atoms with E-state index in [1.54, 1.807) is 0 Å². The molecule has 4 rings (SSSR count). The zero-order valence-corrected chi connectivity index (χ0v) is 32.1. The van der Waals surface area contributed by atoms with Crippen molar-refractivity contribution >= 4 is 43.3 Å². The summed E-state index contributed by atoms with van der Waals surface area (Å²) in [4.78, 5) is 13.4. The first-order valence-electron chi connectivity index (χ1n) is 17.7. The van der Waals surface area contributed by atoms with E-state index in [1.807, 2.05) is 30.4 Å². The number of carbonyl (C=O) groups is 1. The van der Waals surface area contributed by atoms with E-state index in [2.05, 4.69) is 80.5 Å². The van der Waals surface area contributed by atoms with Crippen LogP contribution in [0.2, 0.25) is 0 Å². The molecule has 2 heterocycles. The van der Waals surface area contributed by atoms with E-state index in [0.29, 0.717) is 45.2 Å². The van der Waals surface area contributed by atoms with Gasteiger partial charge in [-0.05, 0) is 96.6 Å². The van der Waals surface area contributed by atoms with Gasteiger partial charge in [-0.1, -0.05) is 48.4 Å². The number of nitrogens with zero attached hydrogens (tertiary/aromatic N) is 2. The van der Waals surface area contributed by atoms with Gasteiger partial charge in [0.1, 0.15) is 6.54 Å². The second-order valence-electron chi connectivity index (χ2n) is 14.5. The molecule has 0 saturated heterocycles. The Morgan fingerprint density at radius 1 is 0.843 bits per heavy atom. The number of allylic oxidation sites excluding steroid dienone is 6. The molecule has 0 radical (unpaired) electrons. The van der Waals surface area contributed by atoms with Crippen molar-refractivity contribution in [3.63, 3.8) is 0 Å². The third-order valence-electron chi connectivity index (χ3n) is 10.1. The van der Waals surface area contributed by atoms with Gasteiger partial charge in [-0.3, -0.25) is 13.9 Å². The summed E-state index contributed by atoms with van der Waals surface area (Å²) in [5.41, 5.74) is 8.28. The highest BCUT2D eigenvalue weighted by Crippen LogP contribution is 2.51. The quantitative estimate of drug-likeness (QED) is 0.0613. The summed E-state index contributed by atoms with van der Waals surface area (Å²) in [5, 5.41) is 9.22. The van der Waals surface area contributed by atoms with Crippen LogP contribution in [-0.4, -0.2) is 71.9 Å². The smallest absolute Gasteiger partial charge is 0.303 e. The van der Waals surface area contributed by atoms with E-state index in [1.165, 1.54) is 11.1 Å². The van der Waals surface area contributed by atoms with Crippen LogP contribution >= 0.6 is 0 Å². The standard InChI is InChI=1S/C39H52N2O8S2/c1-29-27-30(2)37-32(28-29)38(3,4)34(41(37)24-14-16-26-51(47,48)49)19-7-6-8-20-35-39(5,22-12-11-21-36(42)43)31-17-9-10-18-33(31)40(35)23-13-15-25-50(44,45)46/h6-10,17-20,27-28H,11-16,21-26H2,1-5H3,(H2-,42,43,44,45,46,47,48,49)/p+1. The maximum Gasteiger partial charge on any atom is 0.303 e. The normalized spacial score (nSPS) is 19.5. The van der Waals surface area contributed by atoms with E-state index >= 15 is 0 Å². The molecule has 2 aromatic carbocycles. The third-order valence-corrected chi connectivity index (χ3v) is 11.7. The number of para-hydroxylation sites is 1. The molecule has 2 aromatic rings. The highest BCUT2D eigenvalue weighted by molar-refractivity contribution is 7.86.